The molecule has 0 aromatic heterocycles. The van der Waals surface area contributed by atoms with Gasteiger partial charge in [-0.25, -0.2) is 0 Å². The largest absolute Gasteiger partial charge is 0.316 e. The molecule has 2 nitrogen and oxygen atoms in total. The van der Waals surface area contributed by atoms with Crippen molar-refractivity contribution in [1.29, 1.82) is 0 Å². The molecule has 0 radical (unpaired) electrons. The van der Waals surface area contributed by atoms with E-state index in [1.54, 1.807) is 0 Å². The van der Waals surface area contributed by atoms with Crippen molar-refractivity contribution >= 4 is 10.8 Å². The monoisotopic (exact) mass is 147 g/mol. The van der Waals surface area contributed by atoms with Crippen LogP contribution >= 0.6 is 0 Å². The third kappa shape index (κ3) is 2.45. The summed E-state index contributed by atoms with van der Waals surface area (Å²) in [5.41, 5.74) is 0. The van der Waals surface area contributed by atoms with Gasteiger partial charge in [0.15, 0.2) is 0 Å². The molecule has 54 valence electrons. The van der Waals surface area contributed by atoms with Crippen molar-refractivity contribution in [2.45, 2.75) is 6.92 Å². The van der Waals surface area contributed by atoms with Gasteiger partial charge in [0.2, 0.25) is 0 Å². The highest BCUT2D eigenvalue weighted by Gasteiger charge is 2.10. The zero-order valence-electron chi connectivity index (χ0n) is 5.72. The maximum absolute atomic E-state index is 11.0. The number of hydrogen-bond acceptors (Lipinski definition) is 2. The average molecular weight is 147 g/mol. The van der Waals surface area contributed by atoms with Crippen molar-refractivity contribution in [3.8, 4) is 0 Å². The number of rotatable bonds is 0. The summed E-state index contributed by atoms with van der Waals surface area (Å²) in [5, 5.41) is 3.23. The molecule has 0 aromatic carbocycles. The molecule has 0 spiro atoms. The lowest BCUT2D eigenvalue weighted by molar-refractivity contribution is 0.584. The summed E-state index contributed by atoms with van der Waals surface area (Å²) in [5.74, 6) is 2.31. The topological polar surface area (TPSA) is 29.1 Å². The number of hydrogen-bond donors (Lipinski definition) is 1. The Morgan fingerprint density at radius 3 is 3.22 bits per heavy atom. The van der Waals surface area contributed by atoms with Crippen LogP contribution in [0, 0.1) is 5.92 Å². The van der Waals surface area contributed by atoms with Crippen molar-refractivity contribution in [3.63, 3.8) is 0 Å². The van der Waals surface area contributed by atoms with Gasteiger partial charge < -0.3 is 5.32 Å². The van der Waals surface area contributed by atoms with Crippen molar-refractivity contribution in [1.82, 2.24) is 5.32 Å². The van der Waals surface area contributed by atoms with Crippen molar-refractivity contribution in [2.24, 2.45) is 5.92 Å². The second kappa shape index (κ2) is 3.32. The van der Waals surface area contributed by atoms with Gasteiger partial charge in [-0.2, -0.15) is 0 Å². The van der Waals surface area contributed by atoms with Crippen LogP contribution in [0.25, 0.3) is 0 Å². The summed E-state index contributed by atoms with van der Waals surface area (Å²) < 4.78 is 11.0. The first-order valence-electron chi connectivity index (χ1n) is 3.34. The van der Waals surface area contributed by atoms with Gasteiger partial charge in [-0.1, -0.05) is 6.92 Å². The van der Waals surface area contributed by atoms with Crippen LogP contribution in [0.2, 0.25) is 0 Å². The van der Waals surface area contributed by atoms with E-state index < -0.39 is 10.8 Å². The van der Waals surface area contributed by atoms with Gasteiger partial charge in [0.25, 0.3) is 0 Å². The third-order valence-corrected chi connectivity index (χ3v) is 3.07. The van der Waals surface area contributed by atoms with Crippen LogP contribution in [-0.4, -0.2) is 28.8 Å². The average Bonchev–Trinajstić information content (AvgIpc) is 1.93. The van der Waals surface area contributed by atoms with E-state index in [4.69, 9.17) is 0 Å². The van der Waals surface area contributed by atoms with Crippen LogP contribution in [0.4, 0.5) is 0 Å². The molecule has 2 atom stereocenters. The van der Waals surface area contributed by atoms with E-state index in [0.29, 0.717) is 5.92 Å². The second-order valence-electron chi connectivity index (χ2n) is 2.62. The van der Waals surface area contributed by atoms with Gasteiger partial charge in [-0.05, 0) is 12.5 Å². The molecule has 1 fully saturated rings. The van der Waals surface area contributed by atoms with Gasteiger partial charge >= 0.3 is 0 Å². The summed E-state index contributed by atoms with van der Waals surface area (Å²) in [6.07, 6.45) is 0. The molecule has 0 aromatic rings. The fraction of sp³-hybridized carbons (Fsp3) is 1.00. The summed E-state index contributed by atoms with van der Waals surface area (Å²) in [6.45, 7) is 4.10. The Hall–Kier alpha value is 0.110. The Morgan fingerprint density at radius 1 is 1.67 bits per heavy atom. The molecule has 1 rings (SSSR count). The highest BCUT2D eigenvalue weighted by Crippen LogP contribution is 1.99. The molecule has 0 bridgehead atoms. The van der Waals surface area contributed by atoms with Gasteiger partial charge in [0.05, 0.1) is 0 Å². The predicted octanol–water partition coefficient (Wildman–Crippen LogP) is -0.0256. The first-order valence-corrected chi connectivity index (χ1v) is 4.83. The number of nitrogens with one attached hydrogen (secondary N) is 1. The van der Waals surface area contributed by atoms with Gasteiger partial charge in [-0.3, -0.25) is 4.21 Å². The van der Waals surface area contributed by atoms with Gasteiger partial charge in [-0.15, -0.1) is 0 Å². The van der Waals surface area contributed by atoms with E-state index in [1.165, 1.54) is 0 Å². The molecule has 1 saturated heterocycles. The minimum atomic E-state index is -0.550. The molecule has 1 heterocycles. The van der Waals surface area contributed by atoms with Crippen LogP contribution in [0.5, 0.6) is 0 Å². The first kappa shape index (κ1) is 7.22. The SMILES string of the molecule is C[C@@H]1CNCC[S@](=O)C1. The van der Waals surface area contributed by atoms with E-state index in [2.05, 4.69) is 12.2 Å². The Labute approximate surface area is 58.5 Å². The minimum absolute atomic E-state index is 0.550. The molecule has 9 heavy (non-hydrogen) atoms. The maximum atomic E-state index is 11.0. The van der Waals surface area contributed by atoms with Crippen LogP contribution in [0.3, 0.4) is 0 Å². The van der Waals surface area contributed by atoms with Crippen LogP contribution in [-0.2, 0) is 10.8 Å². The van der Waals surface area contributed by atoms with E-state index in [1.807, 2.05) is 0 Å². The Balaban J connectivity index is 2.37. The summed E-state index contributed by atoms with van der Waals surface area (Å²) in [4.78, 5) is 0. The van der Waals surface area contributed by atoms with E-state index in [-0.39, 0.29) is 0 Å². The van der Waals surface area contributed by atoms with Crippen LogP contribution < -0.4 is 5.32 Å². The molecular weight excluding hydrogens is 134 g/mol. The van der Waals surface area contributed by atoms with E-state index >= 15 is 0 Å². The molecule has 0 amide bonds. The summed E-state index contributed by atoms with van der Waals surface area (Å²) in [6, 6.07) is 0. The Bertz CT molecular complexity index is 116. The molecule has 0 saturated carbocycles. The van der Waals surface area contributed by atoms with Crippen LogP contribution in [0.15, 0.2) is 0 Å². The standard InChI is InChI=1S/C6H13NOS/c1-6-4-7-2-3-9(8)5-6/h6-7H,2-5H2,1H3/t6-,9+/m1/s1. The quantitative estimate of drug-likeness (QED) is 0.521. The van der Waals surface area contributed by atoms with Gasteiger partial charge in [0, 0.05) is 28.9 Å². The highest BCUT2D eigenvalue weighted by molar-refractivity contribution is 7.85. The lowest BCUT2D eigenvalue weighted by Gasteiger charge is -2.03. The lowest BCUT2D eigenvalue weighted by atomic mass is 10.2. The Morgan fingerprint density at radius 2 is 2.44 bits per heavy atom. The molecule has 1 N–H and O–H groups in total. The van der Waals surface area contributed by atoms with Crippen molar-refractivity contribution in [3.05, 3.63) is 0 Å². The predicted molar refractivity (Wildman–Crippen MR) is 39.9 cm³/mol. The molecule has 0 aliphatic carbocycles. The van der Waals surface area contributed by atoms with Crippen molar-refractivity contribution in [2.75, 3.05) is 24.6 Å². The molecule has 0 unspecified atom stereocenters. The Kier molecular flexibility index (Phi) is 2.66. The fourth-order valence-corrected chi connectivity index (χ4v) is 2.29. The fourth-order valence-electron chi connectivity index (χ4n) is 0.994. The van der Waals surface area contributed by atoms with E-state index in [0.717, 1.165) is 24.6 Å². The molecule has 1 aliphatic heterocycles. The first-order chi connectivity index (χ1) is 4.29. The zero-order valence-corrected chi connectivity index (χ0v) is 6.54. The second-order valence-corrected chi connectivity index (χ2v) is 4.24. The molecule has 3 heteroatoms. The highest BCUT2D eigenvalue weighted by atomic mass is 32.2. The summed E-state index contributed by atoms with van der Waals surface area (Å²) >= 11 is 0. The summed E-state index contributed by atoms with van der Waals surface area (Å²) in [7, 11) is -0.550. The maximum Gasteiger partial charge on any atom is 0.0360 e. The zero-order chi connectivity index (χ0) is 6.69. The van der Waals surface area contributed by atoms with E-state index in [9.17, 15) is 4.21 Å². The third-order valence-electron chi connectivity index (χ3n) is 1.47. The van der Waals surface area contributed by atoms with Crippen LogP contribution in [0.1, 0.15) is 6.92 Å². The molecule has 1 aliphatic rings. The van der Waals surface area contributed by atoms with Gasteiger partial charge in [0.1, 0.15) is 0 Å². The molecular formula is C6H13NOS. The smallest absolute Gasteiger partial charge is 0.0360 e. The minimum Gasteiger partial charge on any atom is -0.316 e. The van der Waals surface area contributed by atoms with Crippen molar-refractivity contribution < 1.29 is 4.21 Å². The normalized spacial score (nSPS) is 37.9. The lowest BCUT2D eigenvalue weighted by Crippen LogP contribution is -2.20.